The van der Waals surface area contributed by atoms with Crippen molar-refractivity contribution in [2.24, 2.45) is 5.73 Å². The lowest BCUT2D eigenvalue weighted by atomic mass is 9.97. The van der Waals surface area contributed by atoms with Crippen LogP contribution < -0.4 is 11.1 Å². The van der Waals surface area contributed by atoms with Gasteiger partial charge >= 0.3 is 0 Å². The van der Waals surface area contributed by atoms with Gasteiger partial charge in [-0.25, -0.2) is 0 Å². The van der Waals surface area contributed by atoms with Crippen LogP contribution >= 0.6 is 0 Å². The monoisotopic (exact) mass is 172 g/mol. The van der Waals surface area contributed by atoms with Crippen molar-refractivity contribution in [3.63, 3.8) is 0 Å². The molecule has 0 spiro atoms. The first kappa shape index (κ1) is 11.9. The van der Waals surface area contributed by atoms with E-state index in [2.05, 4.69) is 19.2 Å². The highest BCUT2D eigenvalue weighted by Gasteiger charge is 2.06. The van der Waals surface area contributed by atoms with Gasteiger partial charge < -0.3 is 11.1 Å². The number of hydrogen-bond donors (Lipinski definition) is 2. The van der Waals surface area contributed by atoms with E-state index in [-0.39, 0.29) is 0 Å². The van der Waals surface area contributed by atoms with Crippen LogP contribution in [0.2, 0.25) is 0 Å². The summed E-state index contributed by atoms with van der Waals surface area (Å²) < 4.78 is 0. The fourth-order valence-corrected chi connectivity index (χ4v) is 1.13. The van der Waals surface area contributed by atoms with E-state index in [0.717, 1.165) is 0 Å². The van der Waals surface area contributed by atoms with Crippen LogP contribution in [0.1, 0.15) is 46.0 Å². The summed E-state index contributed by atoms with van der Waals surface area (Å²) in [6.45, 7) is 4.22. The van der Waals surface area contributed by atoms with Gasteiger partial charge in [-0.3, -0.25) is 0 Å². The van der Waals surface area contributed by atoms with Crippen LogP contribution in [0.15, 0.2) is 0 Å². The molecule has 0 saturated heterocycles. The number of rotatable bonds is 1. The van der Waals surface area contributed by atoms with Crippen molar-refractivity contribution in [3.8, 4) is 0 Å². The molecule has 2 nitrogen and oxygen atoms in total. The number of nitrogens with two attached hydrogens (primary N) is 1. The summed E-state index contributed by atoms with van der Waals surface area (Å²) in [5, 5.41) is 3.03. The third kappa shape index (κ3) is 8.02. The SMILES string of the molecule is CNC(C)C.NC1CCCCC1. The molecular weight excluding hydrogens is 148 g/mol. The lowest BCUT2D eigenvalue weighted by Crippen LogP contribution is -2.22. The molecule has 1 aliphatic carbocycles. The van der Waals surface area contributed by atoms with Gasteiger partial charge in [0.25, 0.3) is 0 Å². The van der Waals surface area contributed by atoms with Gasteiger partial charge in [0.05, 0.1) is 0 Å². The van der Waals surface area contributed by atoms with Gasteiger partial charge in [0, 0.05) is 12.1 Å². The molecule has 0 aliphatic heterocycles. The van der Waals surface area contributed by atoms with Crippen LogP contribution in [0.4, 0.5) is 0 Å². The van der Waals surface area contributed by atoms with Crippen LogP contribution in [-0.2, 0) is 0 Å². The lowest BCUT2D eigenvalue weighted by molar-refractivity contribution is 0.441. The molecule has 1 fully saturated rings. The Morgan fingerprint density at radius 2 is 1.58 bits per heavy atom. The molecular formula is C10H24N2. The molecule has 0 atom stereocenters. The summed E-state index contributed by atoms with van der Waals surface area (Å²) in [7, 11) is 1.95. The van der Waals surface area contributed by atoms with Crippen LogP contribution in [0.25, 0.3) is 0 Å². The summed E-state index contributed by atoms with van der Waals surface area (Å²) >= 11 is 0. The topological polar surface area (TPSA) is 38.0 Å². The van der Waals surface area contributed by atoms with Gasteiger partial charge in [-0.15, -0.1) is 0 Å². The van der Waals surface area contributed by atoms with Crippen molar-refractivity contribution in [3.05, 3.63) is 0 Å². The fourth-order valence-electron chi connectivity index (χ4n) is 1.13. The minimum atomic E-state index is 0.536. The van der Waals surface area contributed by atoms with E-state index in [9.17, 15) is 0 Å². The predicted molar refractivity (Wildman–Crippen MR) is 55.3 cm³/mol. The Morgan fingerprint density at radius 3 is 1.75 bits per heavy atom. The van der Waals surface area contributed by atoms with Gasteiger partial charge in [-0.05, 0) is 19.9 Å². The second-order valence-electron chi connectivity index (χ2n) is 3.84. The van der Waals surface area contributed by atoms with Crippen molar-refractivity contribution in [2.75, 3.05) is 7.05 Å². The summed E-state index contributed by atoms with van der Waals surface area (Å²) in [4.78, 5) is 0. The molecule has 0 amide bonds. The van der Waals surface area contributed by atoms with Crippen LogP contribution in [0.5, 0.6) is 0 Å². The Hall–Kier alpha value is -0.0800. The van der Waals surface area contributed by atoms with Crippen molar-refractivity contribution >= 4 is 0 Å². The normalized spacial score (nSPS) is 18.8. The smallest absolute Gasteiger partial charge is 0.00388 e. The highest BCUT2D eigenvalue weighted by Crippen LogP contribution is 2.14. The summed E-state index contributed by atoms with van der Waals surface area (Å²) in [5.41, 5.74) is 5.63. The molecule has 0 aromatic carbocycles. The van der Waals surface area contributed by atoms with Gasteiger partial charge in [-0.2, -0.15) is 0 Å². The Bertz CT molecular complexity index is 85.8. The minimum Gasteiger partial charge on any atom is -0.328 e. The Balaban J connectivity index is 0.000000217. The Morgan fingerprint density at radius 1 is 1.17 bits per heavy atom. The van der Waals surface area contributed by atoms with Crippen LogP contribution in [0, 0.1) is 0 Å². The molecule has 0 radical (unpaired) electrons. The van der Waals surface area contributed by atoms with Gasteiger partial charge in [0.1, 0.15) is 0 Å². The lowest BCUT2D eigenvalue weighted by Gasteiger charge is -2.15. The van der Waals surface area contributed by atoms with E-state index in [1.54, 1.807) is 0 Å². The Labute approximate surface area is 76.9 Å². The predicted octanol–water partition coefficient (Wildman–Crippen LogP) is 1.89. The van der Waals surface area contributed by atoms with Crippen molar-refractivity contribution in [1.29, 1.82) is 0 Å². The van der Waals surface area contributed by atoms with E-state index in [1.807, 2.05) is 7.05 Å². The van der Waals surface area contributed by atoms with Crippen molar-refractivity contribution in [2.45, 2.75) is 58.0 Å². The fraction of sp³-hybridized carbons (Fsp3) is 1.00. The molecule has 3 N–H and O–H groups in total. The highest BCUT2D eigenvalue weighted by atomic mass is 14.8. The molecule has 74 valence electrons. The first-order valence-electron chi connectivity index (χ1n) is 5.09. The van der Waals surface area contributed by atoms with Gasteiger partial charge in [0.15, 0.2) is 0 Å². The first-order chi connectivity index (χ1) is 5.66. The largest absolute Gasteiger partial charge is 0.328 e. The van der Waals surface area contributed by atoms with E-state index < -0.39 is 0 Å². The second-order valence-corrected chi connectivity index (χ2v) is 3.84. The maximum atomic E-state index is 5.63. The van der Waals surface area contributed by atoms with E-state index in [4.69, 9.17) is 5.73 Å². The third-order valence-electron chi connectivity index (χ3n) is 2.23. The molecule has 0 aromatic rings. The van der Waals surface area contributed by atoms with E-state index >= 15 is 0 Å². The zero-order valence-corrected chi connectivity index (χ0v) is 8.77. The summed E-state index contributed by atoms with van der Waals surface area (Å²) in [6.07, 6.45) is 6.66. The van der Waals surface area contributed by atoms with Crippen LogP contribution in [-0.4, -0.2) is 19.1 Å². The molecule has 0 heterocycles. The van der Waals surface area contributed by atoms with E-state index in [0.29, 0.717) is 12.1 Å². The molecule has 0 aromatic heterocycles. The maximum Gasteiger partial charge on any atom is 0.00388 e. The quantitative estimate of drug-likeness (QED) is 0.634. The first-order valence-corrected chi connectivity index (χ1v) is 5.09. The summed E-state index contributed by atoms with van der Waals surface area (Å²) in [5.74, 6) is 0. The van der Waals surface area contributed by atoms with Gasteiger partial charge in [-0.1, -0.05) is 33.1 Å². The van der Waals surface area contributed by atoms with Crippen molar-refractivity contribution < 1.29 is 0 Å². The molecule has 1 saturated carbocycles. The Kier molecular flexibility index (Phi) is 7.51. The average molecular weight is 172 g/mol. The molecule has 0 bridgehead atoms. The maximum absolute atomic E-state index is 5.63. The van der Waals surface area contributed by atoms with Gasteiger partial charge in [0.2, 0.25) is 0 Å². The number of nitrogens with one attached hydrogen (secondary N) is 1. The second kappa shape index (κ2) is 7.56. The standard InChI is InChI=1S/C6H13N.C4H11N/c7-6-4-2-1-3-5-6;1-4(2)5-3/h6H,1-5,7H2;4-5H,1-3H3. The minimum absolute atomic E-state index is 0.536. The molecule has 1 aliphatic rings. The molecule has 2 heteroatoms. The number of hydrogen-bond acceptors (Lipinski definition) is 2. The summed E-state index contributed by atoms with van der Waals surface area (Å²) in [6, 6.07) is 1.17. The zero-order valence-electron chi connectivity index (χ0n) is 8.77. The third-order valence-corrected chi connectivity index (χ3v) is 2.23. The average Bonchev–Trinajstić information content (AvgIpc) is 2.07. The molecule has 1 rings (SSSR count). The highest BCUT2D eigenvalue weighted by molar-refractivity contribution is 4.66. The molecule has 12 heavy (non-hydrogen) atoms. The van der Waals surface area contributed by atoms with Crippen molar-refractivity contribution in [1.82, 2.24) is 5.32 Å². The van der Waals surface area contributed by atoms with Crippen LogP contribution in [0.3, 0.4) is 0 Å². The molecule has 0 unspecified atom stereocenters. The van der Waals surface area contributed by atoms with E-state index in [1.165, 1.54) is 32.1 Å². The zero-order chi connectivity index (χ0) is 9.40.